The molecule has 0 aliphatic heterocycles. The lowest BCUT2D eigenvalue weighted by Crippen LogP contribution is -2.39. The number of aliphatic imine (C=N–C) groups is 1. The summed E-state index contributed by atoms with van der Waals surface area (Å²) >= 11 is 0. The van der Waals surface area contributed by atoms with E-state index in [9.17, 15) is 0 Å². The zero-order valence-corrected chi connectivity index (χ0v) is 15.9. The molecule has 5 heteroatoms. The maximum absolute atomic E-state index is 5.41. The van der Waals surface area contributed by atoms with Crippen LogP contribution < -0.4 is 15.5 Å². The van der Waals surface area contributed by atoms with Gasteiger partial charge in [0.2, 0.25) is 0 Å². The van der Waals surface area contributed by atoms with Gasteiger partial charge in [-0.2, -0.15) is 0 Å². The van der Waals surface area contributed by atoms with Crippen LogP contribution in [0.3, 0.4) is 0 Å². The van der Waals surface area contributed by atoms with E-state index in [0.29, 0.717) is 6.54 Å². The summed E-state index contributed by atoms with van der Waals surface area (Å²) in [5.41, 5.74) is 1.03. The van der Waals surface area contributed by atoms with Crippen molar-refractivity contribution in [2.75, 3.05) is 45.2 Å². The van der Waals surface area contributed by atoms with Gasteiger partial charge in [0.25, 0.3) is 0 Å². The second-order valence-corrected chi connectivity index (χ2v) is 6.55. The lowest BCUT2D eigenvalue weighted by molar-refractivity contribution is 0.0310. The molecule has 0 bridgehead atoms. The van der Waals surface area contributed by atoms with Crippen LogP contribution in [0.4, 0.5) is 5.69 Å². The number of ether oxygens (including phenoxy) is 1. The third-order valence-corrected chi connectivity index (χ3v) is 3.92. The Labute approximate surface area is 147 Å². The molecule has 1 rings (SSSR count). The first-order valence-electron chi connectivity index (χ1n) is 8.82. The monoisotopic (exact) mass is 334 g/mol. The van der Waals surface area contributed by atoms with E-state index < -0.39 is 0 Å². The van der Waals surface area contributed by atoms with Gasteiger partial charge in [-0.05, 0) is 45.7 Å². The number of nitrogens with one attached hydrogen (secondary N) is 2. The Bertz CT molecular complexity index is 474. The van der Waals surface area contributed by atoms with Crippen LogP contribution in [0.5, 0.6) is 0 Å². The maximum atomic E-state index is 5.41. The number of methoxy groups -OCH3 is 1. The van der Waals surface area contributed by atoms with Crippen molar-refractivity contribution in [3.63, 3.8) is 0 Å². The molecule has 0 radical (unpaired) electrons. The van der Waals surface area contributed by atoms with Crippen molar-refractivity contribution < 1.29 is 4.74 Å². The van der Waals surface area contributed by atoms with Crippen LogP contribution in [-0.4, -0.2) is 51.9 Å². The van der Waals surface area contributed by atoms with Gasteiger partial charge in [0.1, 0.15) is 0 Å². The first-order chi connectivity index (χ1) is 11.5. The van der Waals surface area contributed by atoms with Gasteiger partial charge in [-0.3, -0.25) is 4.99 Å². The molecule has 5 nitrogen and oxygen atoms in total. The Morgan fingerprint density at radius 1 is 1.17 bits per heavy atom. The molecule has 0 amide bonds. The summed E-state index contributed by atoms with van der Waals surface area (Å²) in [5.74, 6) is 0.860. The van der Waals surface area contributed by atoms with E-state index in [1.165, 1.54) is 5.69 Å². The Morgan fingerprint density at radius 3 is 2.50 bits per heavy atom. The van der Waals surface area contributed by atoms with Crippen molar-refractivity contribution in [2.24, 2.45) is 4.99 Å². The largest absolute Gasteiger partial charge is 0.377 e. The molecule has 0 saturated heterocycles. The van der Waals surface area contributed by atoms with E-state index in [1.807, 2.05) is 19.9 Å². The smallest absolute Gasteiger partial charge is 0.191 e. The molecule has 0 aromatic heterocycles. The quantitative estimate of drug-likeness (QED) is 0.392. The molecule has 0 fully saturated rings. The van der Waals surface area contributed by atoms with Gasteiger partial charge in [-0.1, -0.05) is 18.2 Å². The minimum Gasteiger partial charge on any atom is -0.377 e. The average molecular weight is 335 g/mol. The van der Waals surface area contributed by atoms with Crippen LogP contribution in [-0.2, 0) is 4.74 Å². The molecule has 136 valence electrons. The highest BCUT2D eigenvalue weighted by molar-refractivity contribution is 5.79. The van der Waals surface area contributed by atoms with Gasteiger partial charge in [0.05, 0.1) is 12.1 Å². The molecular formula is C19H34N4O. The molecule has 24 heavy (non-hydrogen) atoms. The molecule has 1 aromatic rings. The van der Waals surface area contributed by atoms with E-state index in [1.54, 1.807) is 7.11 Å². The Morgan fingerprint density at radius 2 is 1.88 bits per heavy atom. The first kappa shape index (κ1) is 20.3. The number of hydrogen-bond donors (Lipinski definition) is 2. The van der Waals surface area contributed by atoms with Crippen LogP contribution in [0.15, 0.2) is 35.3 Å². The number of hydrogen-bond acceptors (Lipinski definition) is 3. The summed E-state index contributed by atoms with van der Waals surface area (Å²) in [5, 5.41) is 6.67. The lowest BCUT2D eigenvalue weighted by atomic mass is 10.1. The summed E-state index contributed by atoms with van der Waals surface area (Å²) in [7, 11) is 3.86. The normalized spacial score (nSPS) is 12.1. The van der Waals surface area contributed by atoms with Crippen LogP contribution in [0.2, 0.25) is 0 Å². The molecule has 0 unspecified atom stereocenters. The Hall–Kier alpha value is -1.75. The van der Waals surface area contributed by atoms with Gasteiger partial charge in [0, 0.05) is 39.5 Å². The number of para-hydroxylation sites is 1. The number of unbranched alkanes of at least 4 members (excludes halogenated alkanes) is 1. The third kappa shape index (κ3) is 8.20. The highest BCUT2D eigenvalue weighted by Crippen LogP contribution is 2.11. The van der Waals surface area contributed by atoms with Crippen molar-refractivity contribution >= 4 is 11.6 Å². The zero-order valence-electron chi connectivity index (χ0n) is 15.9. The maximum Gasteiger partial charge on any atom is 0.191 e. The highest BCUT2D eigenvalue weighted by Gasteiger charge is 2.15. The van der Waals surface area contributed by atoms with Gasteiger partial charge in [-0.25, -0.2) is 0 Å². The number of anilines is 1. The summed E-state index contributed by atoms with van der Waals surface area (Å²) in [6.07, 6.45) is 2.25. The van der Waals surface area contributed by atoms with Crippen molar-refractivity contribution in [2.45, 2.75) is 39.2 Å². The Balaban J connectivity index is 2.29. The zero-order chi connectivity index (χ0) is 17.8. The minimum absolute atomic E-state index is 0.235. The summed E-state index contributed by atoms with van der Waals surface area (Å²) < 4.78 is 5.41. The van der Waals surface area contributed by atoms with Crippen molar-refractivity contribution in [3.8, 4) is 0 Å². The predicted octanol–water partition coefficient (Wildman–Crippen LogP) is 2.88. The number of benzene rings is 1. The molecule has 0 aliphatic rings. The van der Waals surface area contributed by atoms with Crippen molar-refractivity contribution in [1.82, 2.24) is 10.6 Å². The molecule has 1 aromatic carbocycles. The topological polar surface area (TPSA) is 48.9 Å². The van der Waals surface area contributed by atoms with Gasteiger partial charge in [0.15, 0.2) is 5.96 Å². The highest BCUT2D eigenvalue weighted by atomic mass is 16.5. The molecule has 0 spiro atoms. The fourth-order valence-corrected chi connectivity index (χ4v) is 2.17. The third-order valence-electron chi connectivity index (χ3n) is 3.92. The molecule has 0 saturated carbocycles. The molecule has 0 atom stereocenters. The second kappa shape index (κ2) is 10.9. The number of nitrogens with zero attached hydrogens (tertiary/aromatic N) is 2. The van der Waals surface area contributed by atoms with E-state index in [0.717, 1.165) is 38.4 Å². The average Bonchev–Trinajstić information content (AvgIpc) is 2.60. The summed E-state index contributed by atoms with van der Waals surface area (Å²) in [4.78, 5) is 6.89. The standard InChI is InChI=1S/C19H34N4O/c1-6-20-18(22-16-19(2,3)24-5)21-14-10-11-15-23(4)17-12-8-7-9-13-17/h7-9,12-13H,6,10-11,14-16H2,1-5H3,(H2,20,21,22). The van der Waals surface area contributed by atoms with Crippen LogP contribution in [0, 0.1) is 0 Å². The van der Waals surface area contributed by atoms with E-state index in [4.69, 9.17) is 4.74 Å². The molecule has 2 N–H and O–H groups in total. The van der Waals surface area contributed by atoms with E-state index in [-0.39, 0.29) is 5.60 Å². The van der Waals surface area contributed by atoms with E-state index >= 15 is 0 Å². The summed E-state index contributed by atoms with van der Waals surface area (Å²) in [6.45, 7) is 9.62. The van der Waals surface area contributed by atoms with Gasteiger partial charge in [-0.15, -0.1) is 0 Å². The van der Waals surface area contributed by atoms with Gasteiger partial charge >= 0.3 is 0 Å². The van der Waals surface area contributed by atoms with Crippen LogP contribution in [0.25, 0.3) is 0 Å². The van der Waals surface area contributed by atoms with Crippen LogP contribution >= 0.6 is 0 Å². The minimum atomic E-state index is -0.235. The fraction of sp³-hybridized carbons (Fsp3) is 0.632. The van der Waals surface area contributed by atoms with Crippen LogP contribution in [0.1, 0.15) is 33.6 Å². The number of rotatable bonds is 10. The lowest BCUT2D eigenvalue weighted by Gasteiger charge is -2.21. The summed E-state index contributed by atoms with van der Waals surface area (Å²) in [6, 6.07) is 10.5. The Kier molecular flexibility index (Phi) is 9.23. The first-order valence-corrected chi connectivity index (χ1v) is 8.82. The SMILES string of the molecule is CCNC(=NCC(C)(C)OC)NCCCCN(C)c1ccccc1. The van der Waals surface area contributed by atoms with Gasteiger partial charge < -0.3 is 20.3 Å². The number of guanidine groups is 1. The van der Waals surface area contributed by atoms with Crippen molar-refractivity contribution in [1.29, 1.82) is 0 Å². The second-order valence-electron chi connectivity index (χ2n) is 6.55. The predicted molar refractivity (Wildman–Crippen MR) is 104 cm³/mol. The van der Waals surface area contributed by atoms with Crippen molar-refractivity contribution in [3.05, 3.63) is 30.3 Å². The van der Waals surface area contributed by atoms with E-state index in [2.05, 4.69) is 58.8 Å². The fourth-order valence-electron chi connectivity index (χ4n) is 2.17. The molecule has 0 heterocycles. The molecule has 0 aliphatic carbocycles. The molecular weight excluding hydrogens is 300 g/mol.